The number of anilines is 1. The third-order valence-electron chi connectivity index (χ3n) is 1.57. The summed E-state index contributed by atoms with van der Waals surface area (Å²) in [5, 5.41) is 2.36. The lowest BCUT2D eigenvalue weighted by Crippen LogP contribution is -2.21. The quantitative estimate of drug-likeness (QED) is 0.798. The average molecular weight is 198 g/mol. The van der Waals surface area contributed by atoms with E-state index in [2.05, 4.69) is 10.3 Å². The number of halogens is 1. The highest BCUT2D eigenvalue weighted by atomic mass is 19.1. The number of rotatable bonds is 3. The molecule has 1 amide bonds. The van der Waals surface area contributed by atoms with Crippen molar-refractivity contribution < 1.29 is 13.9 Å². The van der Waals surface area contributed by atoms with E-state index in [0.717, 1.165) is 0 Å². The highest BCUT2D eigenvalue weighted by Crippen LogP contribution is 2.11. The summed E-state index contributed by atoms with van der Waals surface area (Å²) in [6.45, 7) is 1.17. The molecular formula is C9H11FN2O2. The van der Waals surface area contributed by atoms with Crippen LogP contribution in [0.25, 0.3) is 0 Å². The first-order chi connectivity index (χ1) is 6.63. The zero-order valence-corrected chi connectivity index (χ0v) is 7.95. The summed E-state index contributed by atoms with van der Waals surface area (Å²) in [6.07, 6.45) is -0.129. The molecule has 0 aromatic carbocycles. The van der Waals surface area contributed by atoms with E-state index in [9.17, 15) is 9.18 Å². The van der Waals surface area contributed by atoms with E-state index < -0.39 is 12.1 Å². The predicted molar refractivity (Wildman–Crippen MR) is 50.0 cm³/mol. The van der Waals surface area contributed by atoms with Crippen molar-refractivity contribution in [3.63, 3.8) is 0 Å². The van der Waals surface area contributed by atoms with Crippen LogP contribution in [-0.4, -0.2) is 24.2 Å². The lowest BCUT2D eigenvalue weighted by molar-refractivity contribution is -0.120. The first kappa shape index (κ1) is 10.4. The molecule has 5 heteroatoms. The van der Waals surface area contributed by atoms with E-state index in [0.29, 0.717) is 11.6 Å². The second kappa shape index (κ2) is 4.55. The van der Waals surface area contributed by atoms with Gasteiger partial charge in [-0.25, -0.2) is 9.37 Å². The fourth-order valence-corrected chi connectivity index (χ4v) is 0.817. The summed E-state index contributed by atoms with van der Waals surface area (Å²) in [5.41, 5.74) is 0.445. The average Bonchev–Trinajstić information content (AvgIpc) is 2.19. The molecule has 0 aliphatic heterocycles. The number of hydrogen-bond donors (Lipinski definition) is 1. The summed E-state index contributed by atoms with van der Waals surface area (Å²) in [7, 11) is 1.49. The Morgan fingerprint density at radius 1 is 1.64 bits per heavy atom. The number of ether oxygens (including phenoxy) is 1. The summed E-state index contributed by atoms with van der Waals surface area (Å²) in [4.78, 5) is 14.8. The number of carbonyl (C=O) groups excluding carboxylic acids is 1. The summed E-state index contributed by atoms with van der Waals surface area (Å²) >= 11 is 0. The van der Waals surface area contributed by atoms with Crippen molar-refractivity contribution in [2.75, 3.05) is 12.4 Å². The molecule has 0 saturated carbocycles. The number of methoxy groups -OCH3 is 1. The van der Waals surface area contributed by atoms with Crippen LogP contribution in [0.5, 0.6) is 5.88 Å². The number of hydrogen-bond acceptors (Lipinski definition) is 3. The molecule has 1 heterocycles. The molecule has 1 atom stereocenters. The number of pyridine rings is 1. The van der Waals surface area contributed by atoms with Gasteiger partial charge in [-0.2, -0.15) is 0 Å². The molecule has 0 aliphatic carbocycles. The second-order valence-corrected chi connectivity index (χ2v) is 2.69. The van der Waals surface area contributed by atoms with Crippen molar-refractivity contribution in [3.05, 3.63) is 18.3 Å². The topological polar surface area (TPSA) is 51.2 Å². The Morgan fingerprint density at radius 2 is 2.36 bits per heavy atom. The highest BCUT2D eigenvalue weighted by molar-refractivity contribution is 5.93. The Hall–Kier alpha value is -1.65. The molecule has 0 fully saturated rings. The summed E-state index contributed by atoms with van der Waals surface area (Å²) in [5.74, 6) is -0.242. The molecule has 0 aliphatic rings. The summed E-state index contributed by atoms with van der Waals surface area (Å²) in [6, 6.07) is 3.17. The van der Waals surface area contributed by atoms with Crippen molar-refractivity contribution in [3.8, 4) is 5.88 Å². The molecule has 0 spiro atoms. The van der Waals surface area contributed by atoms with Gasteiger partial charge in [0.1, 0.15) is 0 Å². The lowest BCUT2D eigenvalue weighted by atomic mass is 10.3. The third-order valence-corrected chi connectivity index (χ3v) is 1.57. The van der Waals surface area contributed by atoms with Gasteiger partial charge in [-0.15, -0.1) is 0 Å². The SMILES string of the molecule is COc1ccc(NC(=O)C(C)F)cn1. The summed E-state index contributed by atoms with van der Waals surface area (Å²) < 4.78 is 17.3. The van der Waals surface area contributed by atoms with Gasteiger partial charge in [0.05, 0.1) is 19.0 Å². The van der Waals surface area contributed by atoms with Gasteiger partial charge in [-0.3, -0.25) is 4.79 Å². The molecule has 1 aromatic rings. The van der Waals surface area contributed by atoms with Gasteiger partial charge in [-0.1, -0.05) is 0 Å². The molecule has 1 N–H and O–H groups in total. The minimum Gasteiger partial charge on any atom is -0.481 e. The van der Waals surface area contributed by atoms with Crippen molar-refractivity contribution in [2.24, 2.45) is 0 Å². The van der Waals surface area contributed by atoms with Crippen LogP contribution in [0.15, 0.2) is 18.3 Å². The van der Waals surface area contributed by atoms with Crippen molar-refractivity contribution in [1.82, 2.24) is 4.98 Å². The lowest BCUT2D eigenvalue weighted by Gasteiger charge is -2.05. The molecule has 1 aromatic heterocycles. The largest absolute Gasteiger partial charge is 0.481 e. The van der Waals surface area contributed by atoms with Gasteiger partial charge < -0.3 is 10.1 Å². The maximum Gasteiger partial charge on any atom is 0.258 e. The number of aromatic nitrogens is 1. The Kier molecular flexibility index (Phi) is 3.39. The monoisotopic (exact) mass is 198 g/mol. The zero-order valence-electron chi connectivity index (χ0n) is 7.95. The molecule has 0 bridgehead atoms. The Bertz CT molecular complexity index is 311. The van der Waals surface area contributed by atoms with Gasteiger partial charge >= 0.3 is 0 Å². The van der Waals surface area contributed by atoms with Crippen LogP contribution in [0, 0.1) is 0 Å². The van der Waals surface area contributed by atoms with E-state index in [1.165, 1.54) is 20.2 Å². The molecule has 4 nitrogen and oxygen atoms in total. The van der Waals surface area contributed by atoms with Gasteiger partial charge in [0.2, 0.25) is 5.88 Å². The van der Waals surface area contributed by atoms with Crippen LogP contribution < -0.4 is 10.1 Å². The predicted octanol–water partition coefficient (Wildman–Crippen LogP) is 1.39. The first-order valence-electron chi connectivity index (χ1n) is 4.08. The maximum absolute atomic E-state index is 12.5. The fraction of sp³-hybridized carbons (Fsp3) is 0.333. The van der Waals surface area contributed by atoms with Crippen LogP contribution >= 0.6 is 0 Å². The van der Waals surface area contributed by atoms with Crippen molar-refractivity contribution in [2.45, 2.75) is 13.1 Å². The molecular weight excluding hydrogens is 187 g/mol. The first-order valence-corrected chi connectivity index (χ1v) is 4.08. The maximum atomic E-state index is 12.5. The molecule has 0 radical (unpaired) electrons. The number of amides is 1. The highest BCUT2D eigenvalue weighted by Gasteiger charge is 2.10. The van der Waals surface area contributed by atoms with Crippen LogP contribution in [0.4, 0.5) is 10.1 Å². The van der Waals surface area contributed by atoms with Gasteiger partial charge in [0.15, 0.2) is 6.17 Å². The van der Waals surface area contributed by atoms with Crippen molar-refractivity contribution >= 4 is 11.6 Å². The third kappa shape index (κ3) is 2.69. The normalized spacial score (nSPS) is 11.9. The van der Waals surface area contributed by atoms with Gasteiger partial charge in [0.25, 0.3) is 5.91 Å². The van der Waals surface area contributed by atoms with Crippen LogP contribution in [0.1, 0.15) is 6.92 Å². The van der Waals surface area contributed by atoms with E-state index in [4.69, 9.17) is 4.74 Å². The molecule has 76 valence electrons. The van der Waals surface area contributed by atoms with Crippen LogP contribution in [0.3, 0.4) is 0 Å². The van der Waals surface area contributed by atoms with E-state index >= 15 is 0 Å². The Balaban J connectivity index is 2.64. The van der Waals surface area contributed by atoms with Gasteiger partial charge in [0, 0.05) is 6.07 Å². The van der Waals surface area contributed by atoms with Crippen molar-refractivity contribution in [1.29, 1.82) is 0 Å². The van der Waals surface area contributed by atoms with Crippen LogP contribution in [-0.2, 0) is 4.79 Å². The fourth-order valence-electron chi connectivity index (χ4n) is 0.817. The van der Waals surface area contributed by atoms with Gasteiger partial charge in [-0.05, 0) is 13.0 Å². The Labute approximate surface area is 81.1 Å². The number of alkyl halides is 1. The standard InChI is InChI=1S/C9H11FN2O2/c1-6(10)9(13)12-7-3-4-8(14-2)11-5-7/h3-6H,1-2H3,(H,12,13). The van der Waals surface area contributed by atoms with E-state index in [1.807, 2.05) is 0 Å². The van der Waals surface area contributed by atoms with E-state index in [1.54, 1.807) is 12.1 Å². The van der Waals surface area contributed by atoms with Crippen LogP contribution in [0.2, 0.25) is 0 Å². The second-order valence-electron chi connectivity index (χ2n) is 2.69. The molecule has 14 heavy (non-hydrogen) atoms. The Morgan fingerprint density at radius 3 is 2.79 bits per heavy atom. The minimum absolute atomic E-state index is 0.441. The minimum atomic E-state index is -1.53. The molecule has 1 unspecified atom stereocenters. The number of nitrogens with zero attached hydrogens (tertiary/aromatic N) is 1. The molecule has 1 rings (SSSR count). The number of nitrogens with one attached hydrogen (secondary N) is 1. The number of carbonyl (C=O) groups is 1. The van der Waals surface area contributed by atoms with E-state index in [-0.39, 0.29) is 0 Å². The smallest absolute Gasteiger partial charge is 0.258 e. The zero-order chi connectivity index (χ0) is 10.6. The molecule has 0 saturated heterocycles.